The first-order valence-corrected chi connectivity index (χ1v) is 7.53. The summed E-state index contributed by atoms with van der Waals surface area (Å²) in [4.78, 5) is 12.9. The summed E-state index contributed by atoms with van der Waals surface area (Å²) in [6.45, 7) is 2.15. The minimum Gasteiger partial charge on any atom is -0.460 e. The SMILES string of the molecule is CC(Sc1ccc(Cl)cc1)C(=O)OCc1ccccc1. The number of halogens is 1. The van der Waals surface area contributed by atoms with Gasteiger partial charge in [-0.2, -0.15) is 0 Å². The number of benzene rings is 2. The van der Waals surface area contributed by atoms with E-state index in [1.807, 2.05) is 61.5 Å². The van der Waals surface area contributed by atoms with Crippen molar-refractivity contribution in [2.24, 2.45) is 0 Å². The standard InChI is InChI=1S/C16H15ClO2S/c1-12(20-15-9-7-14(17)8-10-15)16(18)19-11-13-5-3-2-4-6-13/h2-10,12H,11H2,1H3. The lowest BCUT2D eigenvalue weighted by molar-refractivity contribution is -0.143. The van der Waals surface area contributed by atoms with Crippen molar-refractivity contribution in [2.45, 2.75) is 23.7 Å². The molecule has 1 unspecified atom stereocenters. The van der Waals surface area contributed by atoms with Crippen LogP contribution in [0.4, 0.5) is 0 Å². The molecule has 0 aliphatic carbocycles. The van der Waals surface area contributed by atoms with Gasteiger partial charge in [0.2, 0.25) is 0 Å². The summed E-state index contributed by atoms with van der Waals surface area (Å²) in [7, 11) is 0. The lowest BCUT2D eigenvalue weighted by atomic mass is 10.2. The second-order valence-corrected chi connectivity index (χ2v) is 6.16. The van der Waals surface area contributed by atoms with Gasteiger partial charge in [0, 0.05) is 9.92 Å². The first-order valence-electron chi connectivity index (χ1n) is 6.28. The predicted molar refractivity (Wildman–Crippen MR) is 83.0 cm³/mol. The molecule has 2 aromatic rings. The molecule has 0 radical (unpaired) electrons. The van der Waals surface area contributed by atoms with Crippen LogP contribution in [-0.2, 0) is 16.1 Å². The summed E-state index contributed by atoms with van der Waals surface area (Å²) < 4.78 is 5.30. The number of carbonyl (C=O) groups is 1. The van der Waals surface area contributed by atoms with Crippen molar-refractivity contribution < 1.29 is 9.53 Å². The Morgan fingerprint density at radius 2 is 1.80 bits per heavy atom. The molecule has 20 heavy (non-hydrogen) atoms. The summed E-state index contributed by atoms with van der Waals surface area (Å²) in [6.07, 6.45) is 0. The summed E-state index contributed by atoms with van der Waals surface area (Å²) in [5.74, 6) is -0.214. The Labute approximate surface area is 128 Å². The molecule has 1 atom stereocenters. The molecule has 0 amide bonds. The molecular formula is C16H15ClO2S. The van der Waals surface area contributed by atoms with Gasteiger partial charge in [-0.05, 0) is 36.8 Å². The molecule has 0 aliphatic heterocycles. The summed E-state index contributed by atoms with van der Waals surface area (Å²) >= 11 is 7.29. The normalized spacial score (nSPS) is 11.9. The summed E-state index contributed by atoms with van der Waals surface area (Å²) in [5.41, 5.74) is 0.990. The number of esters is 1. The van der Waals surface area contributed by atoms with Crippen LogP contribution in [0.3, 0.4) is 0 Å². The second kappa shape index (κ2) is 7.36. The number of carbonyl (C=O) groups excluding carboxylic acids is 1. The maximum atomic E-state index is 11.9. The van der Waals surface area contributed by atoms with E-state index < -0.39 is 0 Å². The number of rotatable bonds is 5. The summed E-state index contributed by atoms with van der Waals surface area (Å²) in [6, 6.07) is 17.1. The van der Waals surface area contributed by atoms with Crippen LogP contribution in [0.1, 0.15) is 12.5 Å². The molecule has 0 aliphatic rings. The van der Waals surface area contributed by atoms with Gasteiger partial charge in [-0.25, -0.2) is 0 Å². The highest BCUT2D eigenvalue weighted by molar-refractivity contribution is 8.00. The van der Waals surface area contributed by atoms with Crippen molar-refractivity contribution in [3.63, 3.8) is 0 Å². The fraction of sp³-hybridized carbons (Fsp3) is 0.188. The third-order valence-corrected chi connectivity index (χ3v) is 4.02. The maximum Gasteiger partial charge on any atom is 0.319 e. The monoisotopic (exact) mass is 306 g/mol. The van der Waals surface area contributed by atoms with Crippen LogP contribution in [0, 0.1) is 0 Å². The van der Waals surface area contributed by atoms with Crippen LogP contribution in [0.15, 0.2) is 59.5 Å². The van der Waals surface area contributed by atoms with E-state index in [2.05, 4.69) is 0 Å². The van der Waals surface area contributed by atoms with Gasteiger partial charge in [0.15, 0.2) is 0 Å². The quantitative estimate of drug-likeness (QED) is 0.598. The molecule has 2 aromatic carbocycles. The highest BCUT2D eigenvalue weighted by Crippen LogP contribution is 2.25. The first kappa shape index (κ1) is 14.9. The van der Waals surface area contributed by atoms with Crippen molar-refractivity contribution >= 4 is 29.3 Å². The largest absolute Gasteiger partial charge is 0.460 e. The van der Waals surface area contributed by atoms with E-state index in [-0.39, 0.29) is 11.2 Å². The highest BCUT2D eigenvalue weighted by Gasteiger charge is 2.15. The van der Waals surface area contributed by atoms with E-state index in [9.17, 15) is 4.79 Å². The highest BCUT2D eigenvalue weighted by atomic mass is 35.5. The minimum atomic E-state index is -0.250. The Morgan fingerprint density at radius 3 is 2.45 bits per heavy atom. The zero-order valence-corrected chi connectivity index (χ0v) is 12.7. The van der Waals surface area contributed by atoms with Gasteiger partial charge in [0.25, 0.3) is 0 Å². The molecule has 0 N–H and O–H groups in total. The minimum absolute atomic E-state index is 0.214. The molecular weight excluding hydrogens is 292 g/mol. The van der Waals surface area contributed by atoms with E-state index in [1.165, 1.54) is 11.8 Å². The molecule has 0 bridgehead atoms. The molecule has 0 fully saturated rings. The molecule has 0 saturated heterocycles. The van der Waals surface area contributed by atoms with Crippen molar-refractivity contribution in [1.82, 2.24) is 0 Å². The molecule has 0 saturated carbocycles. The molecule has 104 valence electrons. The van der Waals surface area contributed by atoms with Crippen LogP contribution in [0.5, 0.6) is 0 Å². The van der Waals surface area contributed by atoms with Gasteiger partial charge in [0.1, 0.15) is 11.9 Å². The Kier molecular flexibility index (Phi) is 5.50. The Hall–Kier alpha value is -1.45. The molecule has 2 rings (SSSR count). The van der Waals surface area contributed by atoms with E-state index in [0.29, 0.717) is 11.6 Å². The van der Waals surface area contributed by atoms with Gasteiger partial charge in [-0.3, -0.25) is 4.79 Å². The first-order chi connectivity index (χ1) is 9.65. The van der Waals surface area contributed by atoms with Crippen molar-refractivity contribution in [3.05, 3.63) is 65.2 Å². The average Bonchev–Trinajstić information content (AvgIpc) is 2.48. The number of hydrogen-bond acceptors (Lipinski definition) is 3. The molecule has 2 nitrogen and oxygen atoms in total. The zero-order chi connectivity index (χ0) is 14.4. The van der Waals surface area contributed by atoms with Crippen molar-refractivity contribution in [1.29, 1.82) is 0 Å². The number of hydrogen-bond donors (Lipinski definition) is 0. The Morgan fingerprint density at radius 1 is 1.15 bits per heavy atom. The Balaban J connectivity index is 1.84. The van der Waals surface area contributed by atoms with Gasteiger partial charge >= 0.3 is 5.97 Å². The smallest absolute Gasteiger partial charge is 0.319 e. The fourth-order valence-electron chi connectivity index (χ4n) is 1.61. The summed E-state index contributed by atoms with van der Waals surface area (Å²) in [5, 5.41) is 0.438. The van der Waals surface area contributed by atoms with Gasteiger partial charge in [-0.1, -0.05) is 41.9 Å². The van der Waals surface area contributed by atoms with Crippen LogP contribution < -0.4 is 0 Å². The van der Waals surface area contributed by atoms with E-state index in [0.717, 1.165) is 10.5 Å². The maximum absolute atomic E-state index is 11.9. The predicted octanol–water partition coefficient (Wildman–Crippen LogP) is 4.56. The average molecular weight is 307 g/mol. The topological polar surface area (TPSA) is 26.3 Å². The zero-order valence-electron chi connectivity index (χ0n) is 11.1. The van der Waals surface area contributed by atoms with Gasteiger partial charge < -0.3 is 4.74 Å². The fourth-order valence-corrected chi connectivity index (χ4v) is 2.60. The third-order valence-electron chi connectivity index (χ3n) is 2.68. The lowest BCUT2D eigenvalue weighted by Gasteiger charge is -2.11. The molecule has 0 aromatic heterocycles. The number of thioether (sulfide) groups is 1. The molecule has 0 spiro atoms. The lowest BCUT2D eigenvalue weighted by Crippen LogP contribution is -2.16. The van der Waals surface area contributed by atoms with Crippen molar-refractivity contribution in [2.75, 3.05) is 0 Å². The third kappa shape index (κ3) is 4.58. The van der Waals surface area contributed by atoms with Gasteiger partial charge in [-0.15, -0.1) is 11.8 Å². The van der Waals surface area contributed by atoms with E-state index in [1.54, 1.807) is 0 Å². The van der Waals surface area contributed by atoms with Crippen molar-refractivity contribution in [3.8, 4) is 0 Å². The number of ether oxygens (including phenoxy) is 1. The van der Waals surface area contributed by atoms with Crippen LogP contribution in [-0.4, -0.2) is 11.2 Å². The van der Waals surface area contributed by atoms with Crippen LogP contribution in [0.25, 0.3) is 0 Å². The van der Waals surface area contributed by atoms with Crippen LogP contribution in [0.2, 0.25) is 5.02 Å². The van der Waals surface area contributed by atoms with E-state index in [4.69, 9.17) is 16.3 Å². The molecule has 4 heteroatoms. The molecule has 0 heterocycles. The Bertz CT molecular complexity index is 554. The second-order valence-electron chi connectivity index (χ2n) is 4.31. The van der Waals surface area contributed by atoms with Crippen LogP contribution >= 0.6 is 23.4 Å². The van der Waals surface area contributed by atoms with Gasteiger partial charge in [0.05, 0.1) is 0 Å². The van der Waals surface area contributed by atoms with E-state index >= 15 is 0 Å².